The Morgan fingerprint density at radius 1 is 1.40 bits per heavy atom. The van der Waals surface area contributed by atoms with Crippen molar-refractivity contribution in [3.05, 3.63) is 46.7 Å². The number of thioether (sulfide) groups is 1. The van der Waals surface area contributed by atoms with Crippen molar-refractivity contribution in [2.24, 2.45) is 0 Å². The second-order valence-electron chi connectivity index (χ2n) is 4.52. The third-order valence-electron chi connectivity index (χ3n) is 3.14. The minimum absolute atomic E-state index is 0.187. The number of carbonyl (C=O) groups is 1. The van der Waals surface area contributed by atoms with Gasteiger partial charge < -0.3 is 5.32 Å². The monoisotopic (exact) mass is 295 g/mol. The van der Waals surface area contributed by atoms with Gasteiger partial charge in [0.1, 0.15) is 11.6 Å². The second-order valence-corrected chi connectivity index (χ2v) is 5.61. The fraction of sp³-hybridized carbons (Fsp3) is 0.231. The highest BCUT2D eigenvalue weighted by Gasteiger charge is 2.29. The number of halogens is 2. The Labute approximate surface area is 118 Å². The highest BCUT2D eigenvalue weighted by Crippen LogP contribution is 2.42. The number of rotatable bonds is 1. The molecule has 20 heavy (non-hydrogen) atoms. The Hall–Kier alpha value is -1.89. The first-order valence-electron chi connectivity index (χ1n) is 5.97. The normalized spacial score (nSPS) is 18.4. The Morgan fingerprint density at radius 3 is 2.95 bits per heavy atom. The Morgan fingerprint density at radius 2 is 2.20 bits per heavy atom. The molecule has 0 saturated carbocycles. The van der Waals surface area contributed by atoms with Crippen molar-refractivity contribution in [3.63, 3.8) is 0 Å². The van der Waals surface area contributed by atoms with Gasteiger partial charge in [-0.2, -0.15) is 5.10 Å². The molecule has 0 saturated heterocycles. The smallest absolute Gasteiger partial charge is 0.235 e. The zero-order chi connectivity index (χ0) is 14.3. The van der Waals surface area contributed by atoms with Crippen LogP contribution in [0.5, 0.6) is 0 Å². The number of anilines is 1. The molecule has 104 valence electrons. The molecule has 1 aromatic heterocycles. The molecule has 0 unspecified atom stereocenters. The van der Waals surface area contributed by atoms with E-state index >= 15 is 0 Å². The summed E-state index contributed by atoms with van der Waals surface area (Å²) in [5.41, 5.74) is 1.83. The molecule has 1 aromatic carbocycles. The lowest BCUT2D eigenvalue weighted by Gasteiger charge is -2.15. The molecule has 7 heteroatoms. The van der Waals surface area contributed by atoms with Crippen LogP contribution in [0.4, 0.5) is 14.6 Å². The Balaban J connectivity index is 2.13. The van der Waals surface area contributed by atoms with Crippen molar-refractivity contribution in [1.82, 2.24) is 10.2 Å². The van der Waals surface area contributed by atoms with E-state index in [0.717, 1.165) is 17.3 Å². The molecule has 1 aliphatic rings. The first kappa shape index (κ1) is 13.1. The molecule has 3 rings (SSSR count). The summed E-state index contributed by atoms with van der Waals surface area (Å²) in [6.07, 6.45) is 0. The van der Waals surface area contributed by atoms with E-state index < -0.39 is 16.9 Å². The van der Waals surface area contributed by atoms with Gasteiger partial charge >= 0.3 is 0 Å². The van der Waals surface area contributed by atoms with Crippen LogP contribution in [0.1, 0.15) is 22.1 Å². The lowest BCUT2D eigenvalue weighted by Crippen LogP contribution is -2.12. The van der Waals surface area contributed by atoms with E-state index in [1.807, 2.05) is 0 Å². The Bertz CT molecular complexity index is 686. The summed E-state index contributed by atoms with van der Waals surface area (Å²) >= 11 is 1.29. The fourth-order valence-corrected chi connectivity index (χ4v) is 3.44. The van der Waals surface area contributed by atoms with Crippen molar-refractivity contribution in [1.29, 1.82) is 0 Å². The number of H-pyrrole nitrogens is 1. The highest BCUT2D eigenvalue weighted by molar-refractivity contribution is 8.00. The summed E-state index contributed by atoms with van der Waals surface area (Å²) in [4.78, 5) is 11.6. The molecule has 1 aliphatic heterocycles. The second kappa shape index (κ2) is 4.90. The summed E-state index contributed by atoms with van der Waals surface area (Å²) in [6, 6.07) is 3.48. The number of carbonyl (C=O) groups excluding carboxylic acids is 1. The lowest BCUT2D eigenvalue weighted by molar-refractivity contribution is -0.113. The third-order valence-corrected chi connectivity index (χ3v) is 4.39. The first-order chi connectivity index (χ1) is 9.56. The average Bonchev–Trinajstić information content (AvgIpc) is 2.65. The van der Waals surface area contributed by atoms with Crippen LogP contribution in [-0.2, 0) is 4.79 Å². The summed E-state index contributed by atoms with van der Waals surface area (Å²) in [7, 11) is 0. The topological polar surface area (TPSA) is 57.8 Å². The minimum atomic E-state index is -0.622. The van der Waals surface area contributed by atoms with Gasteiger partial charge in [-0.3, -0.25) is 9.89 Å². The molecule has 0 fully saturated rings. The van der Waals surface area contributed by atoms with E-state index in [1.54, 1.807) is 6.92 Å². The van der Waals surface area contributed by atoms with Crippen LogP contribution in [0.25, 0.3) is 0 Å². The predicted molar refractivity (Wildman–Crippen MR) is 72.6 cm³/mol. The summed E-state index contributed by atoms with van der Waals surface area (Å²) in [5, 5.41) is 9.08. The third kappa shape index (κ3) is 2.18. The number of nitrogens with zero attached hydrogens (tertiary/aromatic N) is 1. The zero-order valence-electron chi connectivity index (χ0n) is 10.5. The van der Waals surface area contributed by atoms with Crippen molar-refractivity contribution >= 4 is 23.5 Å². The van der Waals surface area contributed by atoms with Gasteiger partial charge in [0, 0.05) is 22.9 Å². The number of hydrogen-bond acceptors (Lipinski definition) is 3. The molecule has 2 N–H and O–H groups in total. The molecule has 1 amide bonds. The summed E-state index contributed by atoms with van der Waals surface area (Å²) in [5.74, 6) is -0.831. The van der Waals surface area contributed by atoms with E-state index in [-0.39, 0.29) is 11.7 Å². The largest absolute Gasteiger partial charge is 0.308 e. The van der Waals surface area contributed by atoms with Crippen LogP contribution in [0.15, 0.2) is 18.2 Å². The van der Waals surface area contributed by atoms with Gasteiger partial charge in [0.15, 0.2) is 5.82 Å². The number of fused-ring (bicyclic) bond motifs is 1. The van der Waals surface area contributed by atoms with Crippen molar-refractivity contribution in [2.75, 3.05) is 11.1 Å². The first-order valence-corrected chi connectivity index (χ1v) is 7.02. The van der Waals surface area contributed by atoms with E-state index in [2.05, 4.69) is 15.5 Å². The molecule has 0 aliphatic carbocycles. The maximum Gasteiger partial charge on any atom is 0.235 e. The molecular weight excluding hydrogens is 284 g/mol. The van der Waals surface area contributed by atoms with Gasteiger partial charge in [-0.05, 0) is 13.0 Å². The number of aromatic nitrogens is 2. The molecular formula is C13H11F2N3OS. The van der Waals surface area contributed by atoms with Gasteiger partial charge in [0.05, 0.1) is 11.0 Å². The predicted octanol–water partition coefficient (Wildman–Crippen LogP) is 2.77. The summed E-state index contributed by atoms with van der Waals surface area (Å²) in [6.45, 7) is 1.80. The SMILES string of the molecule is Cc1[nH]nc2c1[C@H](c1ccc(F)cc1F)SCC(=O)N2. The number of aryl methyl sites for hydroxylation is 1. The van der Waals surface area contributed by atoms with E-state index in [4.69, 9.17) is 0 Å². The molecule has 0 spiro atoms. The number of hydrogen-bond donors (Lipinski definition) is 2. The molecule has 1 atom stereocenters. The van der Waals surface area contributed by atoms with Crippen LogP contribution >= 0.6 is 11.8 Å². The fourth-order valence-electron chi connectivity index (χ4n) is 2.22. The summed E-state index contributed by atoms with van der Waals surface area (Å²) < 4.78 is 27.0. The molecule has 4 nitrogen and oxygen atoms in total. The van der Waals surface area contributed by atoms with Gasteiger partial charge in [-0.15, -0.1) is 11.8 Å². The maximum absolute atomic E-state index is 14.0. The lowest BCUT2D eigenvalue weighted by atomic mass is 10.0. The number of benzene rings is 1. The molecule has 2 aromatic rings. The van der Waals surface area contributed by atoms with E-state index in [9.17, 15) is 13.6 Å². The molecule has 0 bridgehead atoms. The standard InChI is InChI=1S/C13H11F2N3OS/c1-6-11-12(8-3-2-7(14)4-9(8)15)20-5-10(19)16-13(11)18-17-6/h2-4,12H,5H2,1H3,(H2,16,17,18,19)/t12-/m0/s1. The van der Waals surface area contributed by atoms with Gasteiger partial charge in [-0.25, -0.2) is 8.78 Å². The van der Waals surface area contributed by atoms with Gasteiger partial charge in [0.2, 0.25) is 5.91 Å². The number of aromatic amines is 1. The van der Waals surface area contributed by atoms with Gasteiger partial charge in [-0.1, -0.05) is 6.07 Å². The van der Waals surface area contributed by atoms with Crippen LogP contribution in [-0.4, -0.2) is 21.9 Å². The molecule has 2 heterocycles. The number of nitrogens with one attached hydrogen (secondary N) is 2. The van der Waals surface area contributed by atoms with E-state index in [0.29, 0.717) is 11.4 Å². The number of amides is 1. The molecule has 0 radical (unpaired) electrons. The van der Waals surface area contributed by atoms with Crippen molar-refractivity contribution in [3.8, 4) is 0 Å². The van der Waals surface area contributed by atoms with Crippen LogP contribution < -0.4 is 5.32 Å². The van der Waals surface area contributed by atoms with Crippen molar-refractivity contribution < 1.29 is 13.6 Å². The maximum atomic E-state index is 14.0. The van der Waals surface area contributed by atoms with E-state index in [1.165, 1.54) is 23.9 Å². The quantitative estimate of drug-likeness (QED) is 0.850. The van der Waals surface area contributed by atoms with Crippen LogP contribution in [0.2, 0.25) is 0 Å². The Kier molecular flexibility index (Phi) is 3.21. The average molecular weight is 295 g/mol. The zero-order valence-corrected chi connectivity index (χ0v) is 11.4. The van der Waals surface area contributed by atoms with Crippen LogP contribution in [0.3, 0.4) is 0 Å². The highest BCUT2D eigenvalue weighted by atomic mass is 32.2. The minimum Gasteiger partial charge on any atom is -0.308 e. The van der Waals surface area contributed by atoms with Crippen molar-refractivity contribution in [2.45, 2.75) is 12.2 Å². The van der Waals surface area contributed by atoms with Gasteiger partial charge in [0.25, 0.3) is 0 Å². The van der Waals surface area contributed by atoms with Crippen LogP contribution in [0, 0.1) is 18.6 Å².